The van der Waals surface area contributed by atoms with Crippen LogP contribution in [0, 0.1) is 0 Å². The summed E-state index contributed by atoms with van der Waals surface area (Å²) in [5, 5.41) is 23.1. The highest BCUT2D eigenvalue weighted by molar-refractivity contribution is 5.76. The van der Waals surface area contributed by atoms with Crippen LogP contribution in [-0.4, -0.2) is 47.4 Å². The molecule has 0 radical (unpaired) electrons. The molecule has 0 saturated heterocycles. The number of aliphatic hydroxyl groups excluding tert-OH is 2. The molecule has 0 aliphatic carbocycles. The Morgan fingerprint density at radius 3 is 1.35 bits per heavy atom. The Balaban J connectivity index is 3.55. The lowest BCUT2D eigenvalue weighted by Gasteiger charge is -2.22. The molecule has 1 amide bonds. The summed E-state index contributed by atoms with van der Waals surface area (Å²) >= 11 is 0. The van der Waals surface area contributed by atoms with Crippen LogP contribution >= 0.6 is 0 Å². The van der Waals surface area contributed by atoms with E-state index in [1.807, 2.05) is 0 Å². The van der Waals surface area contributed by atoms with Gasteiger partial charge in [-0.25, -0.2) is 0 Å². The predicted octanol–water partition coefficient (Wildman–Crippen LogP) is 13.8. The summed E-state index contributed by atoms with van der Waals surface area (Å²) in [5.74, 6) is -0.129. The van der Waals surface area contributed by atoms with Crippen LogP contribution in [0.25, 0.3) is 0 Å². The van der Waals surface area contributed by atoms with Crippen LogP contribution in [0.2, 0.25) is 0 Å². The summed E-state index contributed by atoms with van der Waals surface area (Å²) in [6, 6.07) is -0.577. The van der Waals surface area contributed by atoms with E-state index in [2.05, 4.69) is 31.3 Å². The fraction of sp³-hybridized carbons (Fsp3) is 0.917. The van der Waals surface area contributed by atoms with Gasteiger partial charge < -0.3 is 20.3 Å². The van der Waals surface area contributed by atoms with Crippen molar-refractivity contribution in [3.05, 3.63) is 12.2 Å². The van der Waals surface area contributed by atoms with Crippen molar-refractivity contribution in [1.82, 2.24) is 5.32 Å². The van der Waals surface area contributed by atoms with Gasteiger partial charge in [0.05, 0.1) is 25.4 Å². The van der Waals surface area contributed by atoms with Crippen molar-refractivity contribution in [3.63, 3.8) is 0 Å². The Hall–Kier alpha value is -1.40. The van der Waals surface area contributed by atoms with Gasteiger partial charge in [0.1, 0.15) is 0 Å². The van der Waals surface area contributed by atoms with Gasteiger partial charge in [-0.15, -0.1) is 0 Å². The molecule has 0 aromatic heterocycles. The molecule has 0 aromatic carbocycles. The van der Waals surface area contributed by atoms with Crippen molar-refractivity contribution in [3.8, 4) is 0 Å². The Kier molecular flexibility index (Phi) is 43.2. The second-order valence-corrected chi connectivity index (χ2v) is 16.4. The summed E-state index contributed by atoms with van der Waals surface area (Å²) in [7, 11) is 0. The smallest absolute Gasteiger partial charge is 0.305 e. The number of nitrogens with one attached hydrogen (secondary N) is 1. The molecule has 0 heterocycles. The van der Waals surface area contributed by atoms with Crippen molar-refractivity contribution in [2.75, 3.05) is 13.2 Å². The molecule has 0 aliphatic rings. The molecular formula is C48H93NO5. The van der Waals surface area contributed by atoms with Gasteiger partial charge in [0, 0.05) is 12.8 Å². The Bertz CT molecular complexity index is 802. The maximum absolute atomic E-state index is 12.4. The van der Waals surface area contributed by atoms with Crippen molar-refractivity contribution in [2.24, 2.45) is 0 Å². The van der Waals surface area contributed by atoms with E-state index in [0.29, 0.717) is 25.9 Å². The third-order valence-corrected chi connectivity index (χ3v) is 11.1. The van der Waals surface area contributed by atoms with E-state index in [4.69, 9.17) is 4.74 Å². The molecule has 2 unspecified atom stereocenters. The zero-order valence-corrected chi connectivity index (χ0v) is 36.2. The molecule has 0 rings (SSSR count). The standard InChI is InChI=1S/C48H93NO5/c1-3-5-7-9-11-13-15-17-18-19-20-21-24-28-32-36-40-46(51)45(44-50)49-47(52)41-37-33-29-25-23-27-31-35-39-43-54-48(53)42-38-34-30-26-22-16-14-12-10-8-6-4-2/h25,29,45-46,50-51H,3-24,26-28,30-44H2,1-2H3,(H,49,52)/b29-25-. The minimum atomic E-state index is -0.693. The van der Waals surface area contributed by atoms with Crippen LogP contribution in [0.5, 0.6) is 0 Å². The molecule has 320 valence electrons. The maximum Gasteiger partial charge on any atom is 0.305 e. The highest BCUT2D eigenvalue weighted by Gasteiger charge is 2.20. The van der Waals surface area contributed by atoms with Gasteiger partial charge in [0.2, 0.25) is 5.91 Å². The predicted molar refractivity (Wildman–Crippen MR) is 232 cm³/mol. The summed E-state index contributed by atoms with van der Waals surface area (Å²) < 4.78 is 5.42. The SMILES string of the molecule is CCCCCCCCCCCCCCCCCCC(O)C(CO)NC(=O)CCC/C=C\CCCCCCOC(=O)CCCCCCCCCCCCCC. The number of esters is 1. The molecule has 0 saturated carbocycles. The van der Waals surface area contributed by atoms with Crippen molar-refractivity contribution >= 4 is 11.9 Å². The number of hydrogen-bond acceptors (Lipinski definition) is 5. The van der Waals surface area contributed by atoms with Crippen molar-refractivity contribution < 1.29 is 24.5 Å². The number of aliphatic hydroxyl groups is 2. The summed E-state index contributed by atoms with van der Waals surface area (Å²) in [4.78, 5) is 24.4. The van der Waals surface area contributed by atoms with E-state index < -0.39 is 12.1 Å². The average Bonchev–Trinajstić information content (AvgIpc) is 3.17. The Morgan fingerprint density at radius 1 is 0.500 bits per heavy atom. The first-order valence-electron chi connectivity index (χ1n) is 23.9. The Morgan fingerprint density at radius 2 is 0.889 bits per heavy atom. The number of carbonyl (C=O) groups excluding carboxylic acids is 2. The minimum Gasteiger partial charge on any atom is -0.466 e. The van der Waals surface area contributed by atoms with E-state index in [1.165, 1.54) is 154 Å². The van der Waals surface area contributed by atoms with Gasteiger partial charge in [0.15, 0.2) is 0 Å². The van der Waals surface area contributed by atoms with Crippen LogP contribution in [0.1, 0.15) is 258 Å². The van der Waals surface area contributed by atoms with Gasteiger partial charge in [-0.2, -0.15) is 0 Å². The molecule has 0 aromatic rings. The number of allylic oxidation sites excluding steroid dienone is 2. The summed E-state index contributed by atoms with van der Waals surface area (Å²) in [6.45, 7) is 4.86. The van der Waals surface area contributed by atoms with Gasteiger partial charge in [-0.3, -0.25) is 9.59 Å². The molecular weight excluding hydrogens is 671 g/mol. The lowest BCUT2D eigenvalue weighted by atomic mass is 10.0. The fourth-order valence-corrected chi connectivity index (χ4v) is 7.35. The van der Waals surface area contributed by atoms with E-state index in [-0.39, 0.29) is 18.5 Å². The minimum absolute atomic E-state index is 0.0349. The highest BCUT2D eigenvalue weighted by Crippen LogP contribution is 2.16. The third-order valence-electron chi connectivity index (χ3n) is 11.1. The molecule has 2 atom stereocenters. The molecule has 0 fully saturated rings. The van der Waals surface area contributed by atoms with Gasteiger partial charge >= 0.3 is 5.97 Å². The first-order chi connectivity index (χ1) is 26.5. The number of ether oxygens (including phenoxy) is 1. The van der Waals surface area contributed by atoms with Gasteiger partial charge in [0.25, 0.3) is 0 Å². The van der Waals surface area contributed by atoms with Crippen LogP contribution in [0.3, 0.4) is 0 Å². The van der Waals surface area contributed by atoms with Crippen molar-refractivity contribution in [2.45, 2.75) is 270 Å². The molecule has 6 heteroatoms. The summed E-state index contributed by atoms with van der Waals surface area (Å²) in [6.07, 6.45) is 48.9. The van der Waals surface area contributed by atoms with E-state index in [0.717, 1.165) is 70.6 Å². The monoisotopic (exact) mass is 764 g/mol. The first-order valence-corrected chi connectivity index (χ1v) is 23.9. The summed E-state index contributed by atoms with van der Waals surface area (Å²) in [5.41, 5.74) is 0. The zero-order chi connectivity index (χ0) is 39.4. The molecule has 0 bridgehead atoms. The molecule has 54 heavy (non-hydrogen) atoms. The van der Waals surface area contributed by atoms with Crippen LogP contribution < -0.4 is 5.32 Å². The Labute approximate surface area is 336 Å². The number of amides is 1. The number of unbranched alkanes of at least 4 members (excludes halogenated alkanes) is 31. The topological polar surface area (TPSA) is 95.9 Å². The quantitative estimate of drug-likeness (QED) is 0.0326. The van der Waals surface area contributed by atoms with E-state index in [1.54, 1.807) is 0 Å². The van der Waals surface area contributed by atoms with E-state index in [9.17, 15) is 19.8 Å². The van der Waals surface area contributed by atoms with Crippen molar-refractivity contribution in [1.29, 1.82) is 0 Å². The second kappa shape index (κ2) is 44.3. The van der Waals surface area contributed by atoms with Gasteiger partial charge in [-0.1, -0.05) is 212 Å². The zero-order valence-electron chi connectivity index (χ0n) is 36.2. The first kappa shape index (κ1) is 52.6. The highest BCUT2D eigenvalue weighted by atomic mass is 16.5. The molecule has 6 nitrogen and oxygen atoms in total. The number of hydrogen-bond donors (Lipinski definition) is 3. The van der Waals surface area contributed by atoms with E-state index >= 15 is 0 Å². The molecule has 0 spiro atoms. The average molecular weight is 764 g/mol. The normalized spacial score (nSPS) is 12.7. The van der Waals surface area contributed by atoms with Crippen LogP contribution in [-0.2, 0) is 14.3 Å². The molecule has 0 aliphatic heterocycles. The third kappa shape index (κ3) is 40.3. The van der Waals surface area contributed by atoms with Gasteiger partial charge in [-0.05, 0) is 44.9 Å². The van der Waals surface area contributed by atoms with Crippen LogP contribution in [0.15, 0.2) is 12.2 Å². The number of carbonyl (C=O) groups is 2. The largest absolute Gasteiger partial charge is 0.466 e. The van der Waals surface area contributed by atoms with Crippen LogP contribution in [0.4, 0.5) is 0 Å². The molecule has 3 N–H and O–H groups in total. The lowest BCUT2D eigenvalue weighted by Crippen LogP contribution is -2.45. The number of rotatable bonds is 44. The second-order valence-electron chi connectivity index (χ2n) is 16.4. The fourth-order valence-electron chi connectivity index (χ4n) is 7.35. The lowest BCUT2D eigenvalue weighted by molar-refractivity contribution is -0.143. The maximum atomic E-state index is 12.4.